The van der Waals surface area contributed by atoms with Gasteiger partial charge >= 0.3 is 6.09 Å². The third-order valence-corrected chi connectivity index (χ3v) is 3.93. The molecule has 0 bridgehead atoms. The largest absolute Gasteiger partial charge is 0.412 e. The number of tetrazole rings is 1. The number of nitrogens with one attached hydrogen (secondary N) is 1. The zero-order valence-corrected chi connectivity index (χ0v) is 15.7. The van der Waals surface area contributed by atoms with E-state index >= 15 is 0 Å². The maximum atomic E-state index is 14.5. The molecule has 1 amide bonds. The monoisotopic (exact) mass is 385 g/mol. The Labute approximate surface area is 161 Å². The van der Waals surface area contributed by atoms with E-state index in [-0.39, 0.29) is 17.6 Å². The third kappa shape index (κ3) is 4.68. The molecule has 2 aromatic carbocycles. The number of hydrogen-bond acceptors (Lipinski definition) is 6. The van der Waals surface area contributed by atoms with Gasteiger partial charge in [-0.15, -0.1) is 5.10 Å². The SMILES string of the molecule is COCC(C)NC(=O)Oc1cc(-c2ccc(C)cc2F)cc(-n2cnnn2)c1. The summed E-state index contributed by atoms with van der Waals surface area (Å²) >= 11 is 0. The van der Waals surface area contributed by atoms with Crippen LogP contribution in [0.25, 0.3) is 16.8 Å². The first-order chi connectivity index (χ1) is 13.5. The lowest BCUT2D eigenvalue weighted by Crippen LogP contribution is -2.37. The number of aryl methyl sites for hydroxylation is 1. The molecule has 0 aliphatic heterocycles. The fraction of sp³-hybridized carbons (Fsp3) is 0.263. The fourth-order valence-electron chi connectivity index (χ4n) is 2.69. The molecule has 1 atom stereocenters. The predicted octanol–water partition coefficient (Wildman–Crippen LogP) is 2.90. The average molecular weight is 385 g/mol. The minimum absolute atomic E-state index is 0.227. The Hall–Kier alpha value is -3.33. The Bertz CT molecular complexity index is 962. The Morgan fingerprint density at radius 1 is 1.29 bits per heavy atom. The van der Waals surface area contributed by atoms with Crippen LogP contribution in [-0.4, -0.2) is 46.1 Å². The zero-order valence-electron chi connectivity index (χ0n) is 15.7. The average Bonchev–Trinajstić information content (AvgIpc) is 3.16. The highest BCUT2D eigenvalue weighted by Gasteiger charge is 2.14. The first-order valence-electron chi connectivity index (χ1n) is 8.58. The Morgan fingerprint density at radius 3 is 2.79 bits per heavy atom. The fourth-order valence-corrected chi connectivity index (χ4v) is 2.69. The summed E-state index contributed by atoms with van der Waals surface area (Å²) < 4.78 is 26.2. The highest BCUT2D eigenvalue weighted by atomic mass is 19.1. The van der Waals surface area contributed by atoms with Crippen LogP contribution in [0, 0.1) is 12.7 Å². The molecule has 0 saturated heterocycles. The van der Waals surface area contributed by atoms with Gasteiger partial charge in [0.05, 0.1) is 18.3 Å². The van der Waals surface area contributed by atoms with Crippen LogP contribution in [0.15, 0.2) is 42.7 Å². The number of hydrogen-bond donors (Lipinski definition) is 1. The standard InChI is InChI=1S/C19H20FN5O3/c1-12-4-5-17(18(20)6-12)14-7-15(25-11-21-23-24-25)9-16(8-14)28-19(26)22-13(2)10-27-3/h4-9,11,13H,10H2,1-3H3,(H,22,26). The van der Waals surface area contributed by atoms with E-state index in [0.717, 1.165) is 5.56 Å². The second-order valence-electron chi connectivity index (χ2n) is 6.34. The van der Waals surface area contributed by atoms with Crippen LogP contribution < -0.4 is 10.1 Å². The van der Waals surface area contributed by atoms with Crippen molar-refractivity contribution in [3.05, 3.63) is 54.1 Å². The van der Waals surface area contributed by atoms with Crippen molar-refractivity contribution in [1.82, 2.24) is 25.5 Å². The van der Waals surface area contributed by atoms with E-state index in [1.54, 1.807) is 38.3 Å². The van der Waals surface area contributed by atoms with E-state index in [2.05, 4.69) is 20.8 Å². The molecule has 3 rings (SSSR count). The first kappa shape index (κ1) is 19.4. The lowest BCUT2D eigenvalue weighted by molar-refractivity contribution is 0.159. The van der Waals surface area contributed by atoms with Gasteiger partial charge in [-0.1, -0.05) is 12.1 Å². The maximum absolute atomic E-state index is 14.5. The number of benzene rings is 2. The summed E-state index contributed by atoms with van der Waals surface area (Å²) in [5, 5.41) is 13.7. The first-order valence-corrected chi connectivity index (χ1v) is 8.58. The Morgan fingerprint density at radius 2 is 2.11 bits per heavy atom. The predicted molar refractivity (Wildman–Crippen MR) is 99.8 cm³/mol. The summed E-state index contributed by atoms with van der Waals surface area (Å²) in [5.74, 6) is -0.150. The number of methoxy groups -OCH3 is 1. The molecule has 0 saturated carbocycles. The zero-order chi connectivity index (χ0) is 20.1. The van der Waals surface area contributed by atoms with E-state index in [9.17, 15) is 9.18 Å². The highest BCUT2D eigenvalue weighted by Crippen LogP contribution is 2.30. The molecule has 28 heavy (non-hydrogen) atoms. The van der Waals surface area contributed by atoms with Crippen LogP contribution in [0.2, 0.25) is 0 Å². The molecule has 0 spiro atoms. The molecule has 0 aliphatic rings. The van der Waals surface area contributed by atoms with Crippen molar-refractivity contribution in [2.75, 3.05) is 13.7 Å². The lowest BCUT2D eigenvalue weighted by Gasteiger charge is -2.14. The topological polar surface area (TPSA) is 91.2 Å². The molecule has 1 aromatic heterocycles. The van der Waals surface area contributed by atoms with E-state index in [1.165, 1.54) is 17.1 Å². The number of amides is 1. The second kappa shape index (κ2) is 8.57. The molecular formula is C19H20FN5O3. The summed E-state index contributed by atoms with van der Waals surface area (Å²) in [6.45, 7) is 3.94. The van der Waals surface area contributed by atoms with Crippen molar-refractivity contribution in [2.24, 2.45) is 0 Å². The minimum Gasteiger partial charge on any atom is -0.410 e. The molecule has 146 valence electrons. The van der Waals surface area contributed by atoms with Crippen molar-refractivity contribution in [1.29, 1.82) is 0 Å². The van der Waals surface area contributed by atoms with Gasteiger partial charge in [-0.2, -0.15) is 0 Å². The van der Waals surface area contributed by atoms with E-state index in [0.29, 0.717) is 23.4 Å². The van der Waals surface area contributed by atoms with Crippen molar-refractivity contribution < 1.29 is 18.7 Å². The van der Waals surface area contributed by atoms with Crippen molar-refractivity contribution in [2.45, 2.75) is 19.9 Å². The molecule has 8 nitrogen and oxygen atoms in total. The van der Waals surface area contributed by atoms with Crippen LogP contribution >= 0.6 is 0 Å². The van der Waals surface area contributed by atoms with Crippen LogP contribution in [0.1, 0.15) is 12.5 Å². The van der Waals surface area contributed by atoms with Gasteiger partial charge in [0, 0.05) is 18.7 Å². The normalized spacial score (nSPS) is 11.9. The van der Waals surface area contributed by atoms with Gasteiger partial charge in [0.25, 0.3) is 0 Å². The van der Waals surface area contributed by atoms with Crippen molar-refractivity contribution in [3.8, 4) is 22.6 Å². The quantitative estimate of drug-likeness (QED) is 0.702. The van der Waals surface area contributed by atoms with Gasteiger partial charge in [-0.25, -0.2) is 13.9 Å². The summed E-state index contributed by atoms with van der Waals surface area (Å²) in [6.07, 6.45) is 0.753. The van der Waals surface area contributed by atoms with E-state index < -0.39 is 6.09 Å². The molecule has 0 fully saturated rings. The summed E-state index contributed by atoms with van der Waals surface area (Å²) in [6, 6.07) is 9.58. The molecule has 1 unspecified atom stereocenters. The number of halogens is 1. The number of carbonyl (C=O) groups is 1. The molecule has 3 aromatic rings. The number of rotatable bonds is 6. The molecule has 0 radical (unpaired) electrons. The van der Waals surface area contributed by atoms with Gasteiger partial charge < -0.3 is 14.8 Å². The number of carbonyl (C=O) groups excluding carboxylic acids is 1. The molecule has 0 aliphatic carbocycles. The Balaban J connectivity index is 1.95. The van der Waals surface area contributed by atoms with Crippen molar-refractivity contribution >= 4 is 6.09 Å². The maximum Gasteiger partial charge on any atom is 0.412 e. The van der Waals surface area contributed by atoms with Gasteiger partial charge in [0.15, 0.2) is 0 Å². The smallest absolute Gasteiger partial charge is 0.410 e. The van der Waals surface area contributed by atoms with Crippen LogP contribution in [0.5, 0.6) is 5.75 Å². The van der Waals surface area contributed by atoms with Crippen molar-refractivity contribution in [3.63, 3.8) is 0 Å². The Kier molecular flexibility index (Phi) is 5.95. The van der Waals surface area contributed by atoms with Gasteiger partial charge in [-0.3, -0.25) is 0 Å². The highest BCUT2D eigenvalue weighted by molar-refractivity contribution is 5.74. The van der Waals surface area contributed by atoms with Gasteiger partial charge in [0.1, 0.15) is 17.9 Å². The van der Waals surface area contributed by atoms with Crippen LogP contribution in [-0.2, 0) is 4.74 Å². The van der Waals surface area contributed by atoms with Gasteiger partial charge in [-0.05, 0) is 53.6 Å². The lowest BCUT2D eigenvalue weighted by atomic mass is 10.0. The summed E-state index contributed by atoms with van der Waals surface area (Å²) in [5.41, 5.74) is 2.23. The number of nitrogens with zero attached hydrogens (tertiary/aromatic N) is 4. The number of aromatic nitrogens is 4. The number of ether oxygens (including phenoxy) is 2. The third-order valence-electron chi connectivity index (χ3n) is 3.93. The summed E-state index contributed by atoms with van der Waals surface area (Å²) in [4.78, 5) is 12.1. The minimum atomic E-state index is -0.645. The summed E-state index contributed by atoms with van der Waals surface area (Å²) in [7, 11) is 1.54. The molecular weight excluding hydrogens is 365 g/mol. The molecule has 1 N–H and O–H groups in total. The molecule has 9 heteroatoms. The van der Waals surface area contributed by atoms with Gasteiger partial charge in [0.2, 0.25) is 0 Å². The van der Waals surface area contributed by atoms with Crippen LogP contribution in [0.4, 0.5) is 9.18 Å². The van der Waals surface area contributed by atoms with E-state index in [4.69, 9.17) is 9.47 Å². The van der Waals surface area contributed by atoms with Crippen LogP contribution in [0.3, 0.4) is 0 Å². The van der Waals surface area contributed by atoms with E-state index in [1.807, 2.05) is 13.0 Å². The second-order valence-corrected chi connectivity index (χ2v) is 6.34. The molecule has 1 heterocycles.